The van der Waals surface area contributed by atoms with Gasteiger partial charge in [0, 0.05) is 66.4 Å². The van der Waals surface area contributed by atoms with Gasteiger partial charge in [0.05, 0.1) is 51.4 Å². The van der Waals surface area contributed by atoms with Crippen LogP contribution in [0.25, 0.3) is 54.9 Å². The largest absolute Gasteiger partial charge is 0.492 e. The van der Waals surface area contributed by atoms with Crippen molar-refractivity contribution in [3.63, 3.8) is 0 Å². The number of pyridine rings is 1. The van der Waals surface area contributed by atoms with Gasteiger partial charge in [-0.3, -0.25) is 9.48 Å². The van der Waals surface area contributed by atoms with Crippen molar-refractivity contribution in [2.24, 2.45) is 13.0 Å². The lowest BCUT2D eigenvalue weighted by Crippen LogP contribution is -2.42. The van der Waals surface area contributed by atoms with Crippen LogP contribution in [0.2, 0.25) is 0 Å². The monoisotopic (exact) mass is 732 g/mol. The molecule has 0 bridgehead atoms. The maximum atomic E-state index is 16.3. The summed E-state index contributed by atoms with van der Waals surface area (Å²) in [7, 11) is 1.90. The second-order valence-electron chi connectivity index (χ2n) is 13.7. The van der Waals surface area contributed by atoms with Crippen LogP contribution in [0.1, 0.15) is 50.3 Å². The van der Waals surface area contributed by atoms with Gasteiger partial charge < -0.3 is 14.2 Å². The first-order valence-electron chi connectivity index (χ1n) is 16.8. The minimum atomic E-state index is -2.82. The molecule has 52 heavy (non-hydrogen) atoms. The summed E-state index contributed by atoms with van der Waals surface area (Å²) in [5, 5.41) is 6.22. The molecule has 2 atom stereocenters. The Bertz CT molecular complexity index is 2440. The van der Waals surface area contributed by atoms with Gasteiger partial charge >= 0.3 is 0 Å². The Morgan fingerprint density at radius 1 is 1.06 bits per heavy atom. The van der Waals surface area contributed by atoms with E-state index in [0.29, 0.717) is 39.8 Å². The Morgan fingerprint density at radius 3 is 2.56 bits per heavy atom. The molecular formula is C38H33F5N6O2S. The minimum Gasteiger partial charge on any atom is -0.492 e. The quantitative estimate of drug-likeness (QED) is 0.121. The fraction of sp³-hybridized carbons (Fsp3) is 0.316. The first kappa shape index (κ1) is 34.0. The number of hydrogen-bond donors (Lipinski definition) is 0. The zero-order valence-corrected chi connectivity index (χ0v) is 29.5. The summed E-state index contributed by atoms with van der Waals surface area (Å²) in [6.45, 7) is 9.40. The predicted octanol–water partition coefficient (Wildman–Crippen LogP) is 9.18. The van der Waals surface area contributed by atoms with Crippen LogP contribution >= 0.6 is 11.3 Å². The standard InChI is InChI=1S/C38H33F5N6O2S/c1-6-31(50)48-15-18(2)49-29(19(48)3)12-27(46-49)36-34(32-24(40)10-23(39)11-30(32)51-16-21-13-38(42,43)14-21)33-25(41)17-52-37(33)35(45-36)22-7-8-28-26(9-22)44-20(4)47(28)5/h6-12,17-19,21H,1,13-16H2,2-5H3/t18-,19+/m0/s1. The Balaban J connectivity index is 1.39. The van der Waals surface area contributed by atoms with Crippen molar-refractivity contribution in [2.45, 2.75) is 51.6 Å². The highest BCUT2D eigenvalue weighted by Gasteiger charge is 2.45. The lowest BCUT2D eigenvalue weighted by Gasteiger charge is -2.36. The van der Waals surface area contributed by atoms with Crippen molar-refractivity contribution in [1.29, 1.82) is 0 Å². The fourth-order valence-electron chi connectivity index (χ4n) is 7.46. The molecule has 5 heterocycles. The van der Waals surface area contributed by atoms with Gasteiger partial charge in [0.1, 0.15) is 40.4 Å². The van der Waals surface area contributed by atoms with E-state index in [-0.39, 0.29) is 52.2 Å². The number of ether oxygens (including phenoxy) is 1. The van der Waals surface area contributed by atoms with E-state index >= 15 is 8.78 Å². The number of rotatable bonds is 7. The number of nitrogens with zero attached hydrogens (tertiary/aromatic N) is 6. The van der Waals surface area contributed by atoms with Crippen LogP contribution < -0.4 is 4.74 Å². The van der Waals surface area contributed by atoms with Crippen molar-refractivity contribution in [1.82, 2.24) is 29.2 Å². The molecule has 8 nitrogen and oxygen atoms in total. The third-order valence-corrected chi connectivity index (χ3v) is 11.2. The van der Waals surface area contributed by atoms with Crippen LogP contribution in [0, 0.1) is 30.3 Å². The van der Waals surface area contributed by atoms with E-state index in [0.717, 1.165) is 28.7 Å². The number of fused-ring (bicyclic) bond motifs is 3. The van der Waals surface area contributed by atoms with E-state index < -0.39 is 48.2 Å². The molecule has 1 saturated carbocycles. The van der Waals surface area contributed by atoms with Crippen molar-refractivity contribution in [2.75, 3.05) is 13.2 Å². The SMILES string of the molecule is C=CC(=O)N1C[C@H](C)n2nc(-c3nc(-c4ccc5c(c4)nc(C)n5C)c4scc(F)c4c3-c3c(F)cc(F)cc3OCC3CC(F)(F)C3)cc2[C@H]1C. The average Bonchev–Trinajstić information content (AvgIpc) is 3.79. The smallest absolute Gasteiger partial charge is 0.248 e. The summed E-state index contributed by atoms with van der Waals surface area (Å²) < 4.78 is 84.8. The second kappa shape index (κ2) is 12.2. The summed E-state index contributed by atoms with van der Waals surface area (Å²) in [6, 6.07) is 8.29. The zero-order valence-electron chi connectivity index (χ0n) is 28.7. The van der Waals surface area contributed by atoms with Crippen molar-refractivity contribution in [3.05, 3.63) is 83.4 Å². The molecular weight excluding hydrogens is 700 g/mol. The summed E-state index contributed by atoms with van der Waals surface area (Å²) in [6.07, 6.45) is 0.430. The number of thiophene rings is 1. The maximum Gasteiger partial charge on any atom is 0.248 e. The molecule has 4 aromatic heterocycles. The molecule has 1 aliphatic carbocycles. The topological polar surface area (TPSA) is 78.1 Å². The fourth-order valence-corrected chi connectivity index (χ4v) is 8.39. The molecule has 6 aromatic rings. The second-order valence-corrected chi connectivity index (χ2v) is 14.6. The number of halogens is 5. The van der Waals surface area contributed by atoms with Gasteiger partial charge in [0.2, 0.25) is 11.8 Å². The third kappa shape index (κ3) is 5.46. The molecule has 1 aliphatic heterocycles. The van der Waals surface area contributed by atoms with E-state index in [1.165, 1.54) is 11.5 Å². The molecule has 0 radical (unpaired) electrons. The van der Waals surface area contributed by atoms with E-state index in [1.807, 2.05) is 50.6 Å². The Hall–Kier alpha value is -5.11. The number of amides is 1. The minimum absolute atomic E-state index is 0.0170. The Labute approximate surface area is 299 Å². The number of carbonyl (C=O) groups excluding carboxylic acids is 1. The summed E-state index contributed by atoms with van der Waals surface area (Å²) in [5.41, 5.74) is 3.32. The van der Waals surface area contributed by atoms with Gasteiger partial charge in [-0.25, -0.2) is 31.9 Å². The number of hydrogen-bond acceptors (Lipinski definition) is 6. The highest BCUT2D eigenvalue weighted by Crippen LogP contribution is 2.49. The molecule has 14 heteroatoms. The normalized spacial score (nSPS) is 18.5. The summed E-state index contributed by atoms with van der Waals surface area (Å²) in [5.74, 6) is -5.74. The molecule has 0 N–H and O–H groups in total. The molecule has 0 spiro atoms. The average molecular weight is 733 g/mol. The first-order valence-corrected chi connectivity index (χ1v) is 17.7. The molecule has 0 saturated heterocycles. The Morgan fingerprint density at radius 2 is 1.83 bits per heavy atom. The van der Waals surface area contributed by atoms with E-state index in [4.69, 9.17) is 14.8 Å². The third-order valence-electron chi connectivity index (χ3n) is 10.2. The van der Waals surface area contributed by atoms with E-state index in [9.17, 15) is 18.0 Å². The highest BCUT2D eigenvalue weighted by atomic mass is 32.1. The molecule has 0 unspecified atom stereocenters. The van der Waals surface area contributed by atoms with Gasteiger partial charge in [0.15, 0.2) is 0 Å². The van der Waals surface area contributed by atoms with Gasteiger partial charge in [-0.05, 0) is 45.0 Å². The van der Waals surface area contributed by atoms with Crippen LogP contribution in [-0.2, 0) is 11.8 Å². The Kier molecular flexibility index (Phi) is 8.01. The number of carbonyl (C=O) groups is 1. The van der Waals surface area contributed by atoms with E-state index in [2.05, 4.69) is 11.6 Å². The molecule has 2 aromatic carbocycles. The first-order chi connectivity index (χ1) is 24.7. The van der Waals surface area contributed by atoms with Crippen molar-refractivity contribution in [3.8, 4) is 39.5 Å². The molecule has 2 aliphatic rings. The summed E-state index contributed by atoms with van der Waals surface area (Å²) >= 11 is 1.08. The highest BCUT2D eigenvalue weighted by molar-refractivity contribution is 7.17. The van der Waals surface area contributed by atoms with Gasteiger partial charge in [-0.2, -0.15) is 5.10 Å². The van der Waals surface area contributed by atoms with Crippen molar-refractivity contribution >= 4 is 38.4 Å². The number of imidazole rings is 1. The van der Waals surface area contributed by atoms with Crippen LogP contribution in [0.15, 0.2) is 54.4 Å². The number of alkyl halides is 2. The van der Waals surface area contributed by atoms with Crippen LogP contribution in [-0.4, -0.2) is 54.2 Å². The van der Waals surface area contributed by atoms with Crippen LogP contribution in [0.3, 0.4) is 0 Å². The van der Waals surface area contributed by atoms with Crippen LogP contribution in [0.5, 0.6) is 5.75 Å². The lowest BCUT2D eigenvalue weighted by molar-refractivity contribution is -0.129. The van der Waals surface area contributed by atoms with Gasteiger partial charge in [-0.1, -0.05) is 12.6 Å². The molecule has 1 fully saturated rings. The van der Waals surface area contributed by atoms with E-state index in [1.54, 1.807) is 15.6 Å². The molecule has 1 amide bonds. The lowest BCUT2D eigenvalue weighted by atomic mass is 9.82. The zero-order chi connectivity index (χ0) is 36.8. The summed E-state index contributed by atoms with van der Waals surface area (Å²) in [4.78, 5) is 24.2. The van der Waals surface area contributed by atoms with Crippen LogP contribution in [0.4, 0.5) is 22.0 Å². The maximum absolute atomic E-state index is 16.3. The molecule has 8 rings (SSSR count). The van der Waals surface area contributed by atoms with Crippen molar-refractivity contribution < 1.29 is 31.5 Å². The van der Waals surface area contributed by atoms with Gasteiger partial charge in [-0.15, -0.1) is 11.3 Å². The van der Waals surface area contributed by atoms with Gasteiger partial charge in [0.25, 0.3) is 0 Å². The number of benzene rings is 2. The molecule has 268 valence electrons. The number of aromatic nitrogens is 5. The predicted molar refractivity (Wildman–Crippen MR) is 189 cm³/mol. The number of aryl methyl sites for hydroxylation is 2.